The number of piperazine rings is 1. The van der Waals surface area contributed by atoms with Gasteiger partial charge in [0.05, 0.1) is 30.4 Å². The van der Waals surface area contributed by atoms with Gasteiger partial charge in [0.15, 0.2) is 11.6 Å². The molecule has 2 aliphatic heterocycles. The predicted molar refractivity (Wildman–Crippen MR) is 144 cm³/mol. The van der Waals surface area contributed by atoms with E-state index in [1.54, 1.807) is 9.80 Å². The first kappa shape index (κ1) is 27.7. The molecule has 4 rings (SSSR count). The number of nitrogens with one attached hydrogen (secondary N) is 1. The fraction of sp³-hybridized carbons (Fsp3) is 0.444. The Labute approximate surface area is 226 Å². The highest BCUT2D eigenvalue weighted by Gasteiger charge is 2.34. The van der Waals surface area contributed by atoms with Crippen molar-refractivity contribution in [2.24, 2.45) is 5.92 Å². The highest BCUT2D eigenvalue weighted by Crippen LogP contribution is 2.31. The first-order valence-corrected chi connectivity index (χ1v) is 13.0. The molecule has 2 fully saturated rings. The molecule has 1 atom stereocenters. The summed E-state index contributed by atoms with van der Waals surface area (Å²) in [5.41, 5.74) is 0.894. The first-order valence-electron chi connectivity index (χ1n) is 12.6. The summed E-state index contributed by atoms with van der Waals surface area (Å²) in [6.07, 6.45) is -1.16. The maximum Gasteiger partial charge on any atom is 0.414 e. The summed E-state index contributed by atoms with van der Waals surface area (Å²) in [4.78, 5) is 29.9. The predicted octanol–water partition coefficient (Wildman–Crippen LogP) is 3.73. The average molecular weight is 547 g/mol. The minimum atomic E-state index is -0.777. The molecule has 1 unspecified atom stereocenters. The third kappa shape index (κ3) is 6.76. The number of amides is 2. The van der Waals surface area contributed by atoms with Gasteiger partial charge in [0.2, 0.25) is 5.91 Å². The maximum absolute atomic E-state index is 15.1. The van der Waals surface area contributed by atoms with E-state index in [4.69, 9.17) is 21.7 Å². The van der Waals surface area contributed by atoms with Gasteiger partial charge in [-0.2, -0.15) is 0 Å². The van der Waals surface area contributed by atoms with E-state index in [0.29, 0.717) is 31.2 Å². The highest BCUT2D eigenvalue weighted by molar-refractivity contribution is 7.80. The van der Waals surface area contributed by atoms with E-state index in [1.165, 1.54) is 4.90 Å². The van der Waals surface area contributed by atoms with Crippen molar-refractivity contribution in [3.05, 3.63) is 59.7 Å². The Hall–Kier alpha value is -3.31. The fourth-order valence-corrected chi connectivity index (χ4v) is 4.45. The van der Waals surface area contributed by atoms with Crippen molar-refractivity contribution in [2.75, 3.05) is 55.7 Å². The van der Waals surface area contributed by atoms with Crippen LogP contribution < -0.4 is 15.1 Å². The summed E-state index contributed by atoms with van der Waals surface area (Å²) >= 11 is 5.24. The van der Waals surface area contributed by atoms with Crippen molar-refractivity contribution in [3.8, 4) is 0 Å². The van der Waals surface area contributed by atoms with Crippen LogP contribution in [0.5, 0.6) is 0 Å². The lowest BCUT2D eigenvalue weighted by Gasteiger charge is -2.36. The van der Waals surface area contributed by atoms with Crippen molar-refractivity contribution in [1.82, 2.24) is 10.2 Å². The van der Waals surface area contributed by atoms with Crippen molar-refractivity contribution in [2.45, 2.75) is 26.6 Å². The lowest BCUT2D eigenvalue weighted by atomic mass is 10.2. The zero-order valence-electron chi connectivity index (χ0n) is 21.5. The molecule has 2 aromatic rings. The number of carbonyl (C=O) groups excluding carboxylic acids is 2. The fourth-order valence-electron chi connectivity index (χ4n) is 4.37. The molecular weight excluding hydrogens is 514 g/mol. The Morgan fingerprint density at radius 2 is 1.79 bits per heavy atom. The van der Waals surface area contributed by atoms with Gasteiger partial charge in [-0.25, -0.2) is 13.6 Å². The van der Waals surface area contributed by atoms with Crippen molar-refractivity contribution in [1.29, 1.82) is 0 Å². The number of nitrogens with zero attached hydrogens (tertiary/aromatic N) is 3. The average Bonchev–Trinajstić information content (AvgIpc) is 3.28. The highest BCUT2D eigenvalue weighted by atomic mass is 32.1. The Bertz CT molecular complexity index is 1140. The van der Waals surface area contributed by atoms with E-state index >= 15 is 8.78 Å². The van der Waals surface area contributed by atoms with Crippen LogP contribution in [0, 0.1) is 17.6 Å². The van der Waals surface area contributed by atoms with Crippen LogP contribution in [0.15, 0.2) is 42.5 Å². The van der Waals surface area contributed by atoms with Crippen LogP contribution >= 0.6 is 12.2 Å². The molecule has 2 aromatic carbocycles. The SMILES string of the molecule is CC(C)C(=S)NCC1CN(c2cc(F)c(N3CCN(C(=O)COCc4ccccc4)CC3)c(F)c2)C(=O)O1. The molecule has 11 heteroatoms. The van der Waals surface area contributed by atoms with Crippen LogP contribution in [0.4, 0.5) is 25.0 Å². The van der Waals surface area contributed by atoms with E-state index in [2.05, 4.69) is 5.32 Å². The number of anilines is 2. The Morgan fingerprint density at radius 3 is 2.42 bits per heavy atom. The third-order valence-corrected chi connectivity index (χ3v) is 7.12. The lowest BCUT2D eigenvalue weighted by Crippen LogP contribution is -2.50. The molecule has 2 heterocycles. The molecule has 0 saturated carbocycles. The van der Waals surface area contributed by atoms with Gasteiger partial charge < -0.3 is 24.6 Å². The molecule has 2 aliphatic rings. The van der Waals surface area contributed by atoms with E-state index < -0.39 is 23.8 Å². The van der Waals surface area contributed by atoms with Gasteiger partial charge in [-0.1, -0.05) is 56.4 Å². The summed E-state index contributed by atoms with van der Waals surface area (Å²) < 4.78 is 41.1. The Balaban J connectivity index is 1.30. The molecule has 204 valence electrons. The second kappa shape index (κ2) is 12.5. The molecule has 0 bridgehead atoms. The van der Waals surface area contributed by atoms with Gasteiger partial charge in [-0.05, 0) is 5.56 Å². The van der Waals surface area contributed by atoms with Gasteiger partial charge in [0.25, 0.3) is 0 Å². The first-order chi connectivity index (χ1) is 18.2. The minimum absolute atomic E-state index is 0.0575. The monoisotopic (exact) mass is 546 g/mol. The Morgan fingerprint density at radius 1 is 1.13 bits per heavy atom. The zero-order chi connectivity index (χ0) is 27.2. The number of rotatable bonds is 9. The molecule has 1 N–H and O–H groups in total. The van der Waals surface area contributed by atoms with Crippen LogP contribution in [0.25, 0.3) is 0 Å². The standard InChI is InChI=1S/C27H32F2N4O4S/c1-18(2)26(38)30-14-21-15-33(27(35)37-21)20-12-22(28)25(23(29)13-20)32-10-8-31(9-11-32)24(34)17-36-16-19-6-4-3-5-7-19/h3-7,12-13,18,21H,8-11,14-17H2,1-2H3,(H,30,38). The number of cyclic esters (lactones) is 1. The molecule has 8 nitrogen and oxygen atoms in total. The van der Waals surface area contributed by atoms with Crippen LogP contribution in [-0.4, -0.2) is 73.9 Å². The Kier molecular flexibility index (Phi) is 9.11. The third-order valence-electron chi connectivity index (χ3n) is 6.50. The van der Waals surface area contributed by atoms with E-state index in [0.717, 1.165) is 17.7 Å². The molecule has 0 aromatic heterocycles. The number of ether oxygens (including phenoxy) is 2. The summed E-state index contributed by atoms with van der Waals surface area (Å²) in [5.74, 6) is -1.56. The van der Waals surface area contributed by atoms with Gasteiger partial charge in [-0.3, -0.25) is 9.69 Å². The summed E-state index contributed by atoms with van der Waals surface area (Å²) in [7, 11) is 0. The number of carbonyl (C=O) groups is 2. The van der Waals surface area contributed by atoms with Crippen molar-refractivity contribution < 1.29 is 27.8 Å². The van der Waals surface area contributed by atoms with E-state index in [9.17, 15) is 9.59 Å². The largest absolute Gasteiger partial charge is 0.442 e. The van der Waals surface area contributed by atoms with Crippen LogP contribution in [-0.2, 0) is 20.9 Å². The quantitative estimate of drug-likeness (QED) is 0.481. The number of thiocarbonyl (C=S) groups is 1. The van der Waals surface area contributed by atoms with Gasteiger partial charge in [-0.15, -0.1) is 0 Å². The molecule has 38 heavy (non-hydrogen) atoms. The molecule has 0 radical (unpaired) electrons. The topological polar surface area (TPSA) is 74.4 Å². The molecule has 2 amide bonds. The summed E-state index contributed by atoms with van der Waals surface area (Å²) in [6.45, 7) is 5.84. The molecule has 0 aliphatic carbocycles. The normalized spacial score (nSPS) is 17.7. The van der Waals surface area contributed by atoms with Crippen LogP contribution in [0.2, 0.25) is 0 Å². The van der Waals surface area contributed by atoms with Crippen molar-refractivity contribution in [3.63, 3.8) is 0 Å². The van der Waals surface area contributed by atoms with Crippen molar-refractivity contribution >= 4 is 40.6 Å². The van der Waals surface area contributed by atoms with Crippen LogP contribution in [0.3, 0.4) is 0 Å². The van der Waals surface area contributed by atoms with E-state index in [1.807, 2.05) is 44.2 Å². The minimum Gasteiger partial charge on any atom is -0.442 e. The number of hydrogen-bond acceptors (Lipinski definition) is 6. The van der Waals surface area contributed by atoms with E-state index in [-0.39, 0.29) is 49.4 Å². The van der Waals surface area contributed by atoms with Gasteiger partial charge in [0.1, 0.15) is 18.4 Å². The lowest BCUT2D eigenvalue weighted by molar-refractivity contribution is -0.136. The number of hydrogen-bond donors (Lipinski definition) is 1. The summed E-state index contributed by atoms with van der Waals surface area (Å²) in [6, 6.07) is 11.8. The summed E-state index contributed by atoms with van der Waals surface area (Å²) in [5, 5.41) is 3.06. The van der Waals surface area contributed by atoms with Gasteiger partial charge in [0, 0.05) is 44.2 Å². The molecule has 0 spiro atoms. The second-order valence-corrected chi connectivity index (χ2v) is 10.1. The number of benzene rings is 2. The zero-order valence-corrected chi connectivity index (χ0v) is 22.3. The maximum atomic E-state index is 15.1. The smallest absolute Gasteiger partial charge is 0.414 e. The number of halogens is 2. The van der Waals surface area contributed by atoms with Gasteiger partial charge >= 0.3 is 6.09 Å². The molecule has 2 saturated heterocycles. The van der Waals surface area contributed by atoms with Crippen LogP contribution in [0.1, 0.15) is 19.4 Å². The molecular formula is C27H32F2N4O4S. The second-order valence-electron chi connectivity index (χ2n) is 9.62.